The van der Waals surface area contributed by atoms with Gasteiger partial charge >= 0.3 is 6.18 Å². The molecule has 2 bridgehead atoms. The highest BCUT2D eigenvalue weighted by molar-refractivity contribution is 7.99. The van der Waals surface area contributed by atoms with Gasteiger partial charge in [0.25, 0.3) is 0 Å². The van der Waals surface area contributed by atoms with Crippen LogP contribution in [0.5, 0.6) is 0 Å². The molecule has 3 aliphatic heterocycles. The Morgan fingerprint density at radius 1 is 1.17 bits per heavy atom. The summed E-state index contributed by atoms with van der Waals surface area (Å²) in [7, 11) is 1.75. The van der Waals surface area contributed by atoms with Crippen LogP contribution in [-0.4, -0.2) is 72.7 Å². The van der Waals surface area contributed by atoms with E-state index in [4.69, 9.17) is 9.47 Å². The zero-order valence-corrected chi connectivity index (χ0v) is 24.4. The maximum Gasteiger partial charge on any atom is 0.420 e. The summed E-state index contributed by atoms with van der Waals surface area (Å²) in [6, 6.07) is 9.28. The minimum Gasteiger partial charge on any atom is -0.383 e. The van der Waals surface area contributed by atoms with Crippen LogP contribution in [0.3, 0.4) is 0 Å². The van der Waals surface area contributed by atoms with Gasteiger partial charge in [-0.2, -0.15) is 13.2 Å². The van der Waals surface area contributed by atoms with Crippen LogP contribution in [0.15, 0.2) is 35.4 Å². The third-order valence-corrected chi connectivity index (χ3v) is 10.7. The highest BCUT2D eigenvalue weighted by atomic mass is 32.2. The second-order valence-electron chi connectivity index (χ2n) is 11.1. The van der Waals surface area contributed by atoms with Gasteiger partial charge in [-0.25, -0.2) is 9.97 Å². The van der Waals surface area contributed by atoms with Gasteiger partial charge in [-0.3, -0.25) is 4.90 Å². The van der Waals surface area contributed by atoms with Crippen molar-refractivity contribution in [3.05, 3.63) is 46.5 Å². The number of aromatic nitrogens is 2. The first kappa shape index (κ1) is 27.5. The standard InChI is InChI=1S/C29H32F3N5O2S2/c1-38-7-6-36-14-20-10-19(36)15-37(20)18-4-5-23(21(11-18)17-2-3-17)34-28-33-13-22(29(30,31)32)27(35-28)25-12-24-26(41-25)16-39-8-9-40-24/h4-5,11-13,17,19-20H,2-3,6-10,14-16H2,1H3,(H,33,34,35). The van der Waals surface area contributed by atoms with E-state index in [0.717, 1.165) is 66.5 Å². The van der Waals surface area contributed by atoms with Crippen molar-refractivity contribution in [3.8, 4) is 10.6 Å². The van der Waals surface area contributed by atoms with E-state index >= 15 is 0 Å². The largest absolute Gasteiger partial charge is 0.420 e. The molecule has 0 spiro atoms. The molecule has 12 heteroatoms. The van der Waals surface area contributed by atoms with Gasteiger partial charge in [0.15, 0.2) is 0 Å². The number of thioether (sulfide) groups is 1. The highest BCUT2D eigenvalue weighted by Crippen LogP contribution is 2.47. The molecule has 2 unspecified atom stereocenters. The van der Waals surface area contributed by atoms with Crippen molar-refractivity contribution in [2.75, 3.05) is 55.9 Å². The molecule has 218 valence electrons. The van der Waals surface area contributed by atoms with Crippen molar-refractivity contribution in [1.29, 1.82) is 0 Å². The Bertz CT molecular complexity index is 1410. The number of anilines is 3. The molecule has 1 saturated carbocycles. The Labute approximate surface area is 245 Å². The number of methoxy groups -OCH3 is 1. The molecule has 2 atom stereocenters. The molecule has 0 radical (unpaired) electrons. The number of thiophene rings is 1. The first-order valence-corrected chi connectivity index (χ1v) is 15.9. The predicted molar refractivity (Wildman–Crippen MR) is 155 cm³/mol. The first-order chi connectivity index (χ1) is 19.9. The Morgan fingerprint density at radius 3 is 2.80 bits per heavy atom. The quantitative estimate of drug-likeness (QED) is 0.319. The van der Waals surface area contributed by atoms with E-state index in [1.54, 1.807) is 18.9 Å². The summed E-state index contributed by atoms with van der Waals surface area (Å²) in [4.78, 5) is 16.0. The summed E-state index contributed by atoms with van der Waals surface area (Å²) in [5.41, 5.74) is 2.34. The van der Waals surface area contributed by atoms with Crippen LogP contribution < -0.4 is 10.2 Å². The second kappa shape index (κ2) is 11.0. The number of nitrogens with zero attached hydrogens (tertiary/aromatic N) is 4. The van der Waals surface area contributed by atoms with Crippen LogP contribution in [0.25, 0.3) is 10.6 Å². The molecule has 1 N–H and O–H groups in total. The molecule has 1 aliphatic carbocycles. The summed E-state index contributed by atoms with van der Waals surface area (Å²) in [6.45, 7) is 4.82. The monoisotopic (exact) mass is 603 g/mol. The maximum atomic E-state index is 14.0. The SMILES string of the molecule is COCCN1CC2CC1CN2c1ccc(Nc2ncc(C(F)(F)F)c(-c3cc4c(s3)COCCS4)n2)c(C2CC2)c1. The minimum atomic E-state index is -4.56. The average Bonchev–Trinajstić information content (AvgIpc) is 3.52. The van der Waals surface area contributed by atoms with Gasteiger partial charge < -0.3 is 19.7 Å². The lowest BCUT2D eigenvalue weighted by molar-refractivity contribution is -0.137. The lowest BCUT2D eigenvalue weighted by atomic mass is 10.1. The van der Waals surface area contributed by atoms with Gasteiger partial charge in [0.1, 0.15) is 5.56 Å². The molecule has 7 nitrogen and oxygen atoms in total. The molecule has 3 fully saturated rings. The van der Waals surface area contributed by atoms with Crippen molar-refractivity contribution in [3.63, 3.8) is 0 Å². The molecule has 4 aliphatic rings. The van der Waals surface area contributed by atoms with E-state index in [2.05, 4.69) is 37.2 Å². The lowest BCUT2D eigenvalue weighted by Gasteiger charge is -2.35. The van der Waals surface area contributed by atoms with Crippen molar-refractivity contribution >= 4 is 40.4 Å². The summed E-state index contributed by atoms with van der Waals surface area (Å²) in [5.74, 6) is 1.38. The van der Waals surface area contributed by atoms with Crippen LogP contribution in [0.4, 0.5) is 30.5 Å². The zero-order valence-electron chi connectivity index (χ0n) is 22.7. The Kier molecular flexibility index (Phi) is 7.39. The van der Waals surface area contributed by atoms with E-state index in [9.17, 15) is 13.2 Å². The number of rotatable bonds is 8. The molecule has 2 aromatic heterocycles. The van der Waals surface area contributed by atoms with E-state index < -0.39 is 11.7 Å². The van der Waals surface area contributed by atoms with Gasteiger partial charge in [0.05, 0.1) is 30.4 Å². The highest BCUT2D eigenvalue weighted by Gasteiger charge is 2.43. The number of piperazine rings is 1. The van der Waals surface area contributed by atoms with Crippen LogP contribution in [0.2, 0.25) is 0 Å². The fourth-order valence-corrected chi connectivity index (χ4v) is 8.42. The number of benzene rings is 1. The van der Waals surface area contributed by atoms with Crippen LogP contribution >= 0.6 is 23.1 Å². The van der Waals surface area contributed by atoms with E-state index in [0.29, 0.717) is 36.1 Å². The number of ether oxygens (including phenoxy) is 2. The summed E-state index contributed by atoms with van der Waals surface area (Å²) < 4.78 is 53.0. The van der Waals surface area contributed by atoms with Crippen molar-refractivity contribution in [2.24, 2.45) is 0 Å². The van der Waals surface area contributed by atoms with Crippen molar-refractivity contribution in [2.45, 2.75) is 54.9 Å². The molecular formula is C29H32F3N5O2S2. The van der Waals surface area contributed by atoms with Gasteiger partial charge in [-0.15, -0.1) is 23.1 Å². The fourth-order valence-electron chi connectivity index (χ4n) is 6.21. The van der Waals surface area contributed by atoms with Crippen LogP contribution in [0.1, 0.15) is 41.2 Å². The predicted octanol–water partition coefficient (Wildman–Crippen LogP) is 6.38. The smallest absolute Gasteiger partial charge is 0.383 e. The maximum absolute atomic E-state index is 14.0. The molecule has 3 aromatic rings. The number of hydrogen-bond acceptors (Lipinski definition) is 9. The fraction of sp³-hybridized carbons (Fsp3) is 0.517. The summed E-state index contributed by atoms with van der Waals surface area (Å²) in [5, 5.41) is 3.28. The molecule has 1 aromatic carbocycles. The molecule has 5 heterocycles. The number of likely N-dealkylation sites (tertiary alicyclic amines) is 1. The number of fused-ring (bicyclic) bond motifs is 3. The van der Waals surface area contributed by atoms with E-state index in [1.807, 2.05) is 12.1 Å². The minimum absolute atomic E-state index is 0.0932. The second-order valence-corrected chi connectivity index (χ2v) is 13.4. The molecule has 2 saturated heterocycles. The van der Waals surface area contributed by atoms with Gasteiger partial charge in [0, 0.05) is 71.9 Å². The topological polar surface area (TPSA) is 62.8 Å². The first-order valence-electron chi connectivity index (χ1n) is 14.1. The molecule has 7 rings (SSSR count). The van der Waals surface area contributed by atoms with Crippen molar-refractivity contribution < 1.29 is 22.6 Å². The third-order valence-electron chi connectivity index (χ3n) is 8.38. The normalized spacial score (nSPS) is 22.7. The summed E-state index contributed by atoms with van der Waals surface area (Å²) >= 11 is 2.92. The van der Waals surface area contributed by atoms with Gasteiger partial charge in [0.2, 0.25) is 5.95 Å². The van der Waals surface area contributed by atoms with Gasteiger partial charge in [-0.1, -0.05) is 0 Å². The van der Waals surface area contributed by atoms with Gasteiger partial charge in [-0.05, 0) is 55.0 Å². The van der Waals surface area contributed by atoms with Crippen LogP contribution in [0, 0.1) is 0 Å². The average molecular weight is 604 g/mol. The number of halogens is 3. The summed E-state index contributed by atoms with van der Waals surface area (Å²) in [6.07, 6.45) is -0.278. The van der Waals surface area contributed by atoms with E-state index in [-0.39, 0.29) is 11.6 Å². The lowest BCUT2D eigenvalue weighted by Crippen LogP contribution is -2.47. The third kappa shape index (κ3) is 5.56. The zero-order chi connectivity index (χ0) is 28.1. The molecule has 41 heavy (non-hydrogen) atoms. The van der Waals surface area contributed by atoms with E-state index in [1.165, 1.54) is 29.0 Å². The number of alkyl halides is 3. The Hall–Kier alpha value is -2.38. The number of nitrogens with one attached hydrogen (secondary N) is 1. The van der Waals surface area contributed by atoms with Crippen LogP contribution in [-0.2, 0) is 22.3 Å². The van der Waals surface area contributed by atoms with Crippen molar-refractivity contribution in [1.82, 2.24) is 14.9 Å². The Morgan fingerprint density at radius 2 is 2.05 bits per heavy atom. The Balaban J connectivity index is 1.16. The molecule has 0 amide bonds. The number of hydrogen-bond donors (Lipinski definition) is 1. The molecular weight excluding hydrogens is 571 g/mol.